The van der Waals surface area contributed by atoms with Gasteiger partial charge in [-0.3, -0.25) is 0 Å². The summed E-state index contributed by atoms with van der Waals surface area (Å²) < 4.78 is 24.9. The van der Waals surface area contributed by atoms with Gasteiger partial charge in [-0.2, -0.15) is 4.31 Å². The van der Waals surface area contributed by atoms with Crippen molar-refractivity contribution in [3.8, 4) is 0 Å². The Hall–Kier alpha value is 0.160. The van der Waals surface area contributed by atoms with E-state index in [4.69, 9.17) is 0 Å². The molecule has 0 aliphatic carbocycles. The molecule has 0 aromatic rings. The molecule has 0 unspecified atom stereocenters. The summed E-state index contributed by atoms with van der Waals surface area (Å²) in [5.74, 6) is 0.309. The summed E-state index contributed by atoms with van der Waals surface area (Å²) in [7, 11) is -2.95. The van der Waals surface area contributed by atoms with E-state index in [2.05, 4.69) is 5.32 Å². The molecule has 0 amide bonds. The minimum Gasteiger partial charge on any atom is -0.314 e. The highest BCUT2D eigenvalue weighted by Gasteiger charge is 2.22. The van der Waals surface area contributed by atoms with Crippen LogP contribution in [0.25, 0.3) is 0 Å². The van der Waals surface area contributed by atoms with E-state index >= 15 is 0 Å². The highest BCUT2D eigenvalue weighted by Crippen LogP contribution is 2.05. The van der Waals surface area contributed by atoms with Crippen LogP contribution in [0.15, 0.2) is 0 Å². The predicted molar refractivity (Wildman–Crippen MR) is 60.4 cm³/mol. The Kier molecular flexibility index (Phi) is 6.68. The Morgan fingerprint density at radius 3 is 2.36 bits per heavy atom. The molecule has 1 fully saturated rings. The monoisotopic (exact) mass is 242 g/mol. The van der Waals surface area contributed by atoms with Gasteiger partial charge in [-0.25, -0.2) is 8.42 Å². The van der Waals surface area contributed by atoms with E-state index < -0.39 is 10.0 Å². The Morgan fingerprint density at radius 1 is 1.29 bits per heavy atom. The van der Waals surface area contributed by atoms with Gasteiger partial charge in [0.1, 0.15) is 0 Å². The van der Waals surface area contributed by atoms with Crippen LogP contribution in [0.3, 0.4) is 0 Å². The average molecular weight is 243 g/mol. The van der Waals surface area contributed by atoms with Crippen molar-refractivity contribution in [3.05, 3.63) is 0 Å². The molecule has 1 saturated heterocycles. The molecule has 6 heteroatoms. The average Bonchev–Trinajstić information content (AvgIpc) is 2.16. The van der Waals surface area contributed by atoms with E-state index in [0.717, 1.165) is 25.9 Å². The lowest BCUT2D eigenvalue weighted by Gasteiger charge is -2.26. The van der Waals surface area contributed by atoms with Crippen molar-refractivity contribution in [2.75, 3.05) is 31.9 Å². The van der Waals surface area contributed by atoms with Crippen molar-refractivity contribution in [2.45, 2.75) is 19.8 Å². The van der Waals surface area contributed by atoms with E-state index in [9.17, 15) is 8.42 Å². The standard InChI is InChI=1S/C8H18N2O2S.ClH/c1-2-3-8-13(11,12)10-6-4-9-5-7-10;/h9H,2-8H2,1H3;1H. The minimum absolute atomic E-state index is 0. The van der Waals surface area contributed by atoms with Crippen molar-refractivity contribution in [1.82, 2.24) is 9.62 Å². The van der Waals surface area contributed by atoms with Crippen LogP contribution in [0, 0.1) is 0 Å². The van der Waals surface area contributed by atoms with Crippen LogP contribution < -0.4 is 5.32 Å². The van der Waals surface area contributed by atoms with Gasteiger partial charge in [0.2, 0.25) is 10.0 Å². The van der Waals surface area contributed by atoms with Gasteiger partial charge in [0.05, 0.1) is 5.75 Å². The van der Waals surface area contributed by atoms with E-state index in [1.54, 1.807) is 4.31 Å². The summed E-state index contributed by atoms with van der Waals surface area (Å²) in [4.78, 5) is 0. The second-order valence-electron chi connectivity index (χ2n) is 3.32. The van der Waals surface area contributed by atoms with Crippen LogP contribution in [0.5, 0.6) is 0 Å². The van der Waals surface area contributed by atoms with Crippen molar-refractivity contribution < 1.29 is 8.42 Å². The van der Waals surface area contributed by atoms with Crippen molar-refractivity contribution in [2.24, 2.45) is 0 Å². The second kappa shape index (κ2) is 6.61. The molecule has 0 aromatic carbocycles. The maximum absolute atomic E-state index is 11.6. The number of hydrogen-bond donors (Lipinski definition) is 1. The lowest BCUT2D eigenvalue weighted by Crippen LogP contribution is -2.47. The third-order valence-electron chi connectivity index (χ3n) is 2.23. The lowest BCUT2D eigenvalue weighted by atomic mass is 10.4. The van der Waals surface area contributed by atoms with Crippen LogP contribution in [0.1, 0.15) is 19.8 Å². The van der Waals surface area contributed by atoms with Gasteiger partial charge in [0.15, 0.2) is 0 Å². The van der Waals surface area contributed by atoms with E-state index in [1.807, 2.05) is 6.92 Å². The molecule has 1 rings (SSSR count). The zero-order valence-corrected chi connectivity index (χ0v) is 10.2. The first kappa shape index (κ1) is 14.2. The Balaban J connectivity index is 0.00000169. The normalized spacial score (nSPS) is 18.9. The van der Waals surface area contributed by atoms with Gasteiger partial charge in [-0.15, -0.1) is 12.4 Å². The third-order valence-corrected chi connectivity index (χ3v) is 4.18. The van der Waals surface area contributed by atoms with Crippen LogP contribution >= 0.6 is 12.4 Å². The first-order valence-electron chi connectivity index (χ1n) is 4.85. The van der Waals surface area contributed by atoms with E-state index in [-0.39, 0.29) is 12.4 Å². The summed E-state index contributed by atoms with van der Waals surface area (Å²) in [6.45, 7) is 4.84. The smallest absolute Gasteiger partial charge is 0.214 e. The molecule has 1 N–H and O–H groups in total. The maximum atomic E-state index is 11.6. The van der Waals surface area contributed by atoms with Crippen LogP contribution in [0.2, 0.25) is 0 Å². The maximum Gasteiger partial charge on any atom is 0.214 e. The molecule has 0 bridgehead atoms. The SMILES string of the molecule is CCCCS(=O)(=O)N1CCNCC1.Cl. The van der Waals surface area contributed by atoms with E-state index in [0.29, 0.717) is 18.8 Å². The first-order chi connectivity index (χ1) is 6.17. The molecule has 0 aromatic heterocycles. The molecule has 4 nitrogen and oxygen atoms in total. The molecular weight excluding hydrogens is 224 g/mol. The number of piperazine rings is 1. The quantitative estimate of drug-likeness (QED) is 0.779. The zero-order valence-electron chi connectivity index (χ0n) is 8.53. The van der Waals surface area contributed by atoms with Gasteiger partial charge in [0, 0.05) is 26.2 Å². The molecule has 86 valence electrons. The summed E-state index contributed by atoms with van der Waals surface area (Å²) in [6.07, 6.45) is 1.71. The third kappa shape index (κ3) is 4.13. The van der Waals surface area contributed by atoms with Crippen molar-refractivity contribution >= 4 is 22.4 Å². The number of unbranched alkanes of at least 4 members (excludes halogenated alkanes) is 1. The fourth-order valence-corrected chi connectivity index (χ4v) is 3.03. The number of rotatable bonds is 4. The molecule has 0 saturated carbocycles. The predicted octanol–water partition coefficient (Wildman–Crippen LogP) is 0.443. The first-order valence-corrected chi connectivity index (χ1v) is 6.46. The van der Waals surface area contributed by atoms with Gasteiger partial charge in [-0.1, -0.05) is 13.3 Å². The van der Waals surface area contributed by atoms with Gasteiger partial charge < -0.3 is 5.32 Å². The summed E-state index contributed by atoms with van der Waals surface area (Å²) in [5, 5.41) is 3.14. The molecule has 1 aliphatic rings. The fraction of sp³-hybridized carbons (Fsp3) is 1.00. The Bertz CT molecular complexity index is 238. The topological polar surface area (TPSA) is 49.4 Å². The fourth-order valence-electron chi connectivity index (χ4n) is 1.38. The Morgan fingerprint density at radius 2 is 1.86 bits per heavy atom. The van der Waals surface area contributed by atoms with Crippen molar-refractivity contribution in [3.63, 3.8) is 0 Å². The molecular formula is C8H19ClN2O2S. The van der Waals surface area contributed by atoms with Gasteiger partial charge >= 0.3 is 0 Å². The molecule has 0 atom stereocenters. The van der Waals surface area contributed by atoms with Crippen molar-refractivity contribution in [1.29, 1.82) is 0 Å². The summed E-state index contributed by atoms with van der Waals surface area (Å²) in [5.41, 5.74) is 0. The number of nitrogens with one attached hydrogen (secondary N) is 1. The van der Waals surface area contributed by atoms with E-state index in [1.165, 1.54) is 0 Å². The largest absolute Gasteiger partial charge is 0.314 e. The van der Waals surface area contributed by atoms with Crippen LogP contribution in [0.4, 0.5) is 0 Å². The van der Waals surface area contributed by atoms with Crippen LogP contribution in [-0.2, 0) is 10.0 Å². The molecule has 1 aliphatic heterocycles. The molecule has 1 heterocycles. The van der Waals surface area contributed by atoms with Gasteiger partial charge in [0.25, 0.3) is 0 Å². The lowest BCUT2D eigenvalue weighted by molar-refractivity contribution is 0.359. The minimum atomic E-state index is -2.95. The highest BCUT2D eigenvalue weighted by molar-refractivity contribution is 7.89. The molecule has 14 heavy (non-hydrogen) atoms. The summed E-state index contributed by atoms with van der Waals surface area (Å²) in [6, 6.07) is 0. The number of halogens is 1. The highest BCUT2D eigenvalue weighted by atomic mass is 35.5. The van der Waals surface area contributed by atoms with Crippen LogP contribution in [-0.4, -0.2) is 44.7 Å². The second-order valence-corrected chi connectivity index (χ2v) is 5.41. The zero-order chi connectivity index (χ0) is 9.73. The number of nitrogens with zero attached hydrogens (tertiary/aromatic N) is 1. The number of sulfonamides is 1. The number of hydrogen-bond acceptors (Lipinski definition) is 3. The summed E-state index contributed by atoms with van der Waals surface area (Å²) >= 11 is 0. The molecule has 0 spiro atoms. The Labute approximate surface area is 92.5 Å². The van der Waals surface area contributed by atoms with Gasteiger partial charge in [-0.05, 0) is 6.42 Å². The molecule has 0 radical (unpaired) electrons.